The number of rotatable bonds is 7. The normalized spacial score (nSPS) is 17.4. The van der Waals surface area contributed by atoms with Crippen LogP contribution in [0.4, 0.5) is 5.69 Å². The predicted octanol–water partition coefficient (Wildman–Crippen LogP) is 3.95. The van der Waals surface area contributed by atoms with E-state index >= 15 is 0 Å². The molecule has 2 aromatic carbocycles. The lowest BCUT2D eigenvalue weighted by Crippen LogP contribution is -2.43. The van der Waals surface area contributed by atoms with E-state index in [-0.39, 0.29) is 11.8 Å². The molecule has 1 saturated heterocycles. The molecule has 6 heteroatoms. The van der Waals surface area contributed by atoms with Gasteiger partial charge < -0.3 is 10.1 Å². The summed E-state index contributed by atoms with van der Waals surface area (Å²) < 4.78 is 5.41. The maximum absolute atomic E-state index is 13.5. The smallest absolute Gasteiger partial charge is 0.278 e. The van der Waals surface area contributed by atoms with Crippen LogP contribution in [0.25, 0.3) is 5.57 Å². The van der Waals surface area contributed by atoms with Gasteiger partial charge in [-0.2, -0.15) is 0 Å². The van der Waals surface area contributed by atoms with Crippen LogP contribution >= 0.6 is 0 Å². The highest BCUT2D eigenvalue weighted by atomic mass is 16.5. The molecule has 2 aliphatic rings. The highest BCUT2D eigenvalue weighted by Crippen LogP contribution is 2.31. The molecule has 2 heterocycles. The van der Waals surface area contributed by atoms with Gasteiger partial charge in [0.1, 0.15) is 5.70 Å². The van der Waals surface area contributed by atoms with E-state index in [0.29, 0.717) is 43.5 Å². The minimum atomic E-state index is -0.269. The van der Waals surface area contributed by atoms with Gasteiger partial charge in [0.15, 0.2) is 0 Å². The fraction of sp³-hybridized carbons (Fsp3) is 0.407. The first kappa shape index (κ1) is 23.2. The number of amides is 2. The van der Waals surface area contributed by atoms with Crippen LogP contribution in [0, 0.1) is 13.8 Å². The van der Waals surface area contributed by atoms with Crippen LogP contribution in [0.3, 0.4) is 0 Å². The molecule has 0 aliphatic carbocycles. The van der Waals surface area contributed by atoms with Crippen molar-refractivity contribution in [2.45, 2.75) is 33.6 Å². The Labute approximate surface area is 196 Å². The summed E-state index contributed by atoms with van der Waals surface area (Å²) in [7, 11) is 0. The average Bonchev–Trinajstić information content (AvgIpc) is 3.04. The molecule has 2 aromatic rings. The Morgan fingerprint density at radius 3 is 2.24 bits per heavy atom. The number of nitrogens with zero attached hydrogens (tertiary/aromatic N) is 2. The van der Waals surface area contributed by atoms with Crippen molar-refractivity contribution in [2.75, 3.05) is 44.7 Å². The lowest BCUT2D eigenvalue weighted by molar-refractivity contribution is -0.137. The third-order valence-corrected chi connectivity index (χ3v) is 6.55. The Balaban J connectivity index is 1.63. The molecule has 0 saturated carbocycles. The number of nitrogens with one attached hydrogen (secondary N) is 1. The summed E-state index contributed by atoms with van der Waals surface area (Å²) in [5.74, 6) is -0.0815. The SMILES string of the molecule is Cc1ccc(C2=C(Nc3ccc(C(C)C)cc3)C(=O)N(CCN3CCOCC3)C2=O)cc1C. The molecule has 0 unspecified atom stereocenters. The van der Waals surface area contributed by atoms with Gasteiger partial charge in [0.2, 0.25) is 0 Å². The number of carbonyl (C=O) groups excluding carboxylic acids is 2. The largest absolute Gasteiger partial charge is 0.379 e. The molecule has 1 fully saturated rings. The Morgan fingerprint density at radius 1 is 0.909 bits per heavy atom. The Morgan fingerprint density at radius 2 is 1.61 bits per heavy atom. The van der Waals surface area contributed by atoms with E-state index in [1.54, 1.807) is 0 Å². The van der Waals surface area contributed by atoms with Gasteiger partial charge in [-0.05, 0) is 54.2 Å². The van der Waals surface area contributed by atoms with E-state index in [0.717, 1.165) is 35.5 Å². The first-order valence-electron chi connectivity index (χ1n) is 11.7. The molecule has 0 bridgehead atoms. The van der Waals surface area contributed by atoms with Crippen LogP contribution in [-0.4, -0.2) is 61.0 Å². The van der Waals surface area contributed by atoms with Crippen molar-refractivity contribution in [3.8, 4) is 0 Å². The maximum Gasteiger partial charge on any atom is 0.278 e. The summed E-state index contributed by atoms with van der Waals surface area (Å²) in [5, 5.41) is 3.27. The van der Waals surface area contributed by atoms with Gasteiger partial charge in [-0.1, -0.05) is 44.2 Å². The zero-order chi connectivity index (χ0) is 23.5. The molecule has 4 rings (SSSR count). The molecule has 0 atom stereocenters. The Hall–Kier alpha value is -2.96. The van der Waals surface area contributed by atoms with E-state index in [9.17, 15) is 9.59 Å². The number of aryl methyl sites for hydroxylation is 2. The zero-order valence-electron chi connectivity index (χ0n) is 20.0. The van der Waals surface area contributed by atoms with Crippen LogP contribution in [0.5, 0.6) is 0 Å². The molecule has 0 spiro atoms. The summed E-state index contributed by atoms with van der Waals surface area (Å²) in [6.45, 7) is 12.4. The minimum absolute atomic E-state index is 0.238. The average molecular weight is 448 g/mol. The monoisotopic (exact) mass is 447 g/mol. The Bertz CT molecular complexity index is 1070. The number of hydrogen-bond acceptors (Lipinski definition) is 5. The fourth-order valence-electron chi connectivity index (χ4n) is 4.22. The summed E-state index contributed by atoms with van der Waals surface area (Å²) in [6.07, 6.45) is 0. The zero-order valence-corrected chi connectivity index (χ0v) is 20.0. The molecule has 2 amide bonds. The third-order valence-electron chi connectivity index (χ3n) is 6.55. The number of imide groups is 1. The van der Waals surface area contributed by atoms with E-state index in [1.807, 2.05) is 44.2 Å². The summed E-state index contributed by atoms with van der Waals surface area (Å²) in [6, 6.07) is 14.0. The molecule has 1 N–H and O–H groups in total. The number of morpholine rings is 1. The van der Waals surface area contributed by atoms with Crippen molar-refractivity contribution in [3.63, 3.8) is 0 Å². The number of anilines is 1. The van der Waals surface area contributed by atoms with E-state index in [1.165, 1.54) is 10.5 Å². The predicted molar refractivity (Wildman–Crippen MR) is 131 cm³/mol. The van der Waals surface area contributed by atoms with Gasteiger partial charge in [-0.15, -0.1) is 0 Å². The van der Waals surface area contributed by atoms with Crippen LogP contribution < -0.4 is 5.32 Å². The Kier molecular flexibility index (Phi) is 6.96. The first-order chi connectivity index (χ1) is 15.8. The molecular weight excluding hydrogens is 414 g/mol. The third kappa shape index (κ3) is 5.02. The van der Waals surface area contributed by atoms with Crippen molar-refractivity contribution >= 4 is 23.1 Å². The number of benzene rings is 2. The van der Waals surface area contributed by atoms with Gasteiger partial charge in [-0.3, -0.25) is 19.4 Å². The highest BCUT2D eigenvalue weighted by Gasteiger charge is 2.39. The molecule has 0 radical (unpaired) electrons. The quantitative estimate of drug-likeness (QED) is 0.651. The van der Waals surface area contributed by atoms with Crippen molar-refractivity contribution < 1.29 is 14.3 Å². The molecule has 6 nitrogen and oxygen atoms in total. The van der Waals surface area contributed by atoms with Crippen LogP contribution in [0.1, 0.15) is 42.0 Å². The van der Waals surface area contributed by atoms with E-state index in [4.69, 9.17) is 4.74 Å². The topological polar surface area (TPSA) is 61.9 Å². The second kappa shape index (κ2) is 9.89. The van der Waals surface area contributed by atoms with Crippen molar-refractivity contribution in [1.82, 2.24) is 9.80 Å². The summed E-state index contributed by atoms with van der Waals surface area (Å²) in [4.78, 5) is 30.6. The molecule has 2 aliphatic heterocycles. The molecule has 33 heavy (non-hydrogen) atoms. The second-order valence-electron chi connectivity index (χ2n) is 9.17. The van der Waals surface area contributed by atoms with E-state index < -0.39 is 0 Å². The summed E-state index contributed by atoms with van der Waals surface area (Å²) in [5.41, 5.74) is 5.83. The number of ether oxygens (including phenoxy) is 1. The van der Waals surface area contributed by atoms with E-state index in [2.05, 4.69) is 36.2 Å². The maximum atomic E-state index is 13.5. The fourth-order valence-corrected chi connectivity index (χ4v) is 4.22. The number of hydrogen-bond donors (Lipinski definition) is 1. The van der Waals surface area contributed by atoms with Crippen molar-refractivity contribution in [2.24, 2.45) is 0 Å². The standard InChI is InChI=1S/C27H33N3O3/c1-18(2)21-7-9-23(10-8-21)28-25-24(22-6-5-19(3)20(4)17-22)26(31)30(27(25)32)12-11-29-13-15-33-16-14-29/h5-10,17-18,28H,11-16H2,1-4H3. The highest BCUT2D eigenvalue weighted by molar-refractivity contribution is 6.36. The molecular formula is C27H33N3O3. The van der Waals surface area contributed by atoms with Gasteiger partial charge >= 0.3 is 0 Å². The molecule has 0 aromatic heterocycles. The molecule has 174 valence electrons. The van der Waals surface area contributed by atoms with Crippen LogP contribution in [-0.2, 0) is 14.3 Å². The summed E-state index contributed by atoms with van der Waals surface area (Å²) >= 11 is 0. The second-order valence-corrected chi connectivity index (χ2v) is 9.17. The first-order valence-corrected chi connectivity index (χ1v) is 11.7. The van der Waals surface area contributed by atoms with Crippen molar-refractivity contribution in [1.29, 1.82) is 0 Å². The van der Waals surface area contributed by atoms with Gasteiger partial charge in [0.25, 0.3) is 11.8 Å². The van der Waals surface area contributed by atoms with Gasteiger partial charge in [0, 0.05) is 31.9 Å². The van der Waals surface area contributed by atoms with Gasteiger partial charge in [-0.25, -0.2) is 0 Å². The lowest BCUT2D eigenvalue weighted by atomic mass is 9.99. The van der Waals surface area contributed by atoms with Crippen molar-refractivity contribution in [3.05, 3.63) is 70.4 Å². The van der Waals surface area contributed by atoms with Gasteiger partial charge in [0.05, 0.1) is 18.8 Å². The van der Waals surface area contributed by atoms with Crippen LogP contribution in [0.2, 0.25) is 0 Å². The number of carbonyl (C=O) groups is 2. The minimum Gasteiger partial charge on any atom is -0.379 e. The lowest BCUT2D eigenvalue weighted by Gasteiger charge is -2.28. The van der Waals surface area contributed by atoms with Crippen LogP contribution in [0.15, 0.2) is 48.2 Å².